The van der Waals surface area contributed by atoms with Crippen LogP contribution in [0.4, 0.5) is 5.69 Å². The van der Waals surface area contributed by atoms with Crippen LogP contribution in [0.15, 0.2) is 48.7 Å². The molecular weight excluding hydrogens is 326 g/mol. The number of pyridine rings is 1. The summed E-state index contributed by atoms with van der Waals surface area (Å²) >= 11 is 0. The van der Waals surface area contributed by atoms with Gasteiger partial charge in [0, 0.05) is 43.3 Å². The monoisotopic (exact) mass is 349 g/mol. The van der Waals surface area contributed by atoms with Gasteiger partial charge in [-0.15, -0.1) is 0 Å². The van der Waals surface area contributed by atoms with Gasteiger partial charge < -0.3 is 20.1 Å². The lowest BCUT2D eigenvalue weighted by Crippen LogP contribution is -2.45. The second-order valence-electron chi connectivity index (χ2n) is 6.69. The van der Waals surface area contributed by atoms with Crippen molar-refractivity contribution in [2.75, 3.05) is 38.1 Å². The number of nitrogens with zero attached hydrogens (tertiary/aromatic N) is 3. The summed E-state index contributed by atoms with van der Waals surface area (Å²) in [6, 6.07) is 13.8. The summed E-state index contributed by atoms with van der Waals surface area (Å²) in [4.78, 5) is 25.1. The third kappa shape index (κ3) is 3.28. The van der Waals surface area contributed by atoms with Gasteiger partial charge in [-0.2, -0.15) is 0 Å². The highest BCUT2D eigenvalue weighted by molar-refractivity contribution is 6.08. The van der Waals surface area contributed by atoms with Crippen molar-refractivity contribution in [1.82, 2.24) is 20.2 Å². The van der Waals surface area contributed by atoms with Crippen molar-refractivity contribution < 1.29 is 4.79 Å². The number of likely N-dealkylation sites (N-methyl/N-ethyl adjacent to an activating group) is 1. The van der Waals surface area contributed by atoms with E-state index < -0.39 is 0 Å². The summed E-state index contributed by atoms with van der Waals surface area (Å²) in [5.41, 5.74) is 3.47. The molecule has 1 amide bonds. The van der Waals surface area contributed by atoms with Crippen molar-refractivity contribution in [1.29, 1.82) is 0 Å². The minimum Gasteiger partial charge on any atom is -0.367 e. The molecular formula is C20H23N5O. The van der Waals surface area contributed by atoms with Gasteiger partial charge in [0.1, 0.15) is 5.69 Å². The molecule has 3 aromatic rings. The van der Waals surface area contributed by atoms with E-state index in [1.807, 2.05) is 36.4 Å². The maximum Gasteiger partial charge on any atom is 0.270 e. The summed E-state index contributed by atoms with van der Waals surface area (Å²) in [5, 5.41) is 4.09. The number of rotatable bonds is 4. The quantitative estimate of drug-likeness (QED) is 0.758. The van der Waals surface area contributed by atoms with E-state index in [4.69, 9.17) is 0 Å². The highest BCUT2D eigenvalue weighted by atomic mass is 16.1. The first kappa shape index (κ1) is 16.6. The molecule has 0 saturated carbocycles. The van der Waals surface area contributed by atoms with Crippen LogP contribution in [0.5, 0.6) is 0 Å². The summed E-state index contributed by atoms with van der Waals surface area (Å²) in [7, 11) is 2.13. The molecule has 6 nitrogen and oxygen atoms in total. The largest absolute Gasteiger partial charge is 0.367 e. The molecule has 4 rings (SSSR count). The third-order valence-corrected chi connectivity index (χ3v) is 4.88. The molecule has 26 heavy (non-hydrogen) atoms. The van der Waals surface area contributed by atoms with Crippen molar-refractivity contribution >= 4 is 22.5 Å². The Morgan fingerprint density at radius 2 is 1.88 bits per heavy atom. The number of H-pyrrole nitrogens is 1. The number of aromatic nitrogens is 2. The van der Waals surface area contributed by atoms with Gasteiger partial charge in [-0.3, -0.25) is 9.78 Å². The number of carbonyl (C=O) groups is 1. The first-order valence-corrected chi connectivity index (χ1v) is 8.94. The predicted octanol–water partition coefficient (Wildman–Crippen LogP) is 2.24. The van der Waals surface area contributed by atoms with Crippen molar-refractivity contribution in [2.24, 2.45) is 0 Å². The normalized spacial score (nSPS) is 15.3. The Labute approximate surface area is 152 Å². The van der Waals surface area contributed by atoms with E-state index in [0.29, 0.717) is 12.2 Å². The topological polar surface area (TPSA) is 64.3 Å². The molecule has 0 unspecified atom stereocenters. The summed E-state index contributed by atoms with van der Waals surface area (Å²) in [6.07, 6.45) is 1.74. The Bertz CT molecular complexity index is 897. The standard InChI is InChI=1S/C20H23N5O/c1-24-10-12-25(13-11-24)19-16-7-2-3-8-17(16)23-18(19)20(26)22-14-15-6-4-5-9-21-15/h2-9,23H,10-14H2,1H3,(H,22,26). The number of hydrogen-bond donors (Lipinski definition) is 2. The average Bonchev–Trinajstić information content (AvgIpc) is 3.07. The first-order valence-electron chi connectivity index (χ1n) is 8.94. The zero-order valence-electron chi connectivity index (χ0n) is 14.9. The maximum atomic E-state index is 12.9. The molecule has 0 atom stereocenters. The molecule has 2 aromatic heterocycles. The van der Waals surface area contributed by atoms with Gasteiger partial charge in [-0.25, -0.2) is 0 Å². The lowest BCUT2D eigenvalue weighted by molar-refractivity contribution is 0.0946. The minimum atomic E-state index is -0.0965. The maximum absolute atomic E-state index is 12.9. The van der Waals surface area contributed by atoms with Gasteiger partial charge in [0.05, 0.1) is 17.9 Å². The average molecular weight is 349 g/mol. The summed E-state index contributed by atoms with van der Waals surface area (Å²) in [5.74, 6) is -0.0965. The Kier molecular flexibility index (Phi) is 4.58. The van der Waals surface area contributed by atoms with E-state index in [1.54, 1.807) is 6.20 Å². The second-order valence-corrected chi connectivity index (χ2v) is 6.69. The van der Waals surface area contributed by atoms with Gasteiger partial charge in [-0.05, 0) is 25.2 Å². The molecule has 3 heterocycles. The molecule has 2 N–H and O–H groups in total. The zero-order chi connectivity index (χ0) is 17.9. The van der Waals surface area contributed by atoms with E-state index in [9.17, 15) is 4.79 Å². The van der Waals surface area contributed by atoms with E-state index in [1.165, 1.54) is 0 Å². The predicted molar refractivity (Wildman–Crippen MR) is 103 cm³/mol. The molecule has 134 valence electrons. The summed E-state index contributed by atoms with van der Waals surface area (Å²) < 4.78 is 0. The number of fused-ring (bicyclic) bond motifs is 1. The second kappa shape index (κ2) is 7.17. The number of aromatic amines is 1. The van der Waals surface area contributed by atoms with E-state index >= 15 is 0 Å². The van der Waals surface area contributed by atoms with Crippen LogP contribution in [0.3, 0.4) is 0 Å². The summed E-state index contributed by atoms with van der Waals surface area (Å²) in [6.45, 7) is 4.23. The number of carbonyl (C=O) groups excluding carboxylic acids is 1. The number of piperazine rings is 1. The fraction of sp³-hybridized carbons (Fsp3) is 0.300. The zero-order valence-corrected chi connectivity index (χ0v) is 14.9. The van der Waals surface area contributed by atoms with Crippen molar-refractivity contribution in [3.8, 4) is 0 Å². The third-order valence-electron chi connectivity index (χ3n) is 4.88. The molecule has 6 heteroatoms. The number of hydrogen-bond acceptors (Lipinski definition) is 4. The molecule has 0 radical (unpaired) electrons. The number of nitrogens with one attached hydrogen (secondary N) is 2. The van der Waals surface area contributed by atoms with Crippen LogP contribution in [0.1, 0.15) is 16.2 Å². The number of anilines is 1. The number of amides is 1. The van der Waals surface area contributed by atoms with Gasteiger partial charge in [0.15, 0.2) is 0 Å². The molecule has 1 aliphatic heterocycles. The Hall–Kier alpha value is -2.86. The van der Waals surface area contributed by atoms with Gasteiger partial charge in [0.2, 0.25) is 0 Å². The van der Waals surface area contributed by atoms with Gasteiger partial charge in [0.25, 0.3) is 5.91 Å². The van der Waals surface area contributed by atoms with Crippen LogP contribution < -0.4 is 10.2 Å². The van der Waals surface area contributed by atoms with Crippen LogP contribution in [0, 0.1) is 0 Å². The van der Waals surface area contributed by atoms with Crippen LogP contribution in [-0.2, 0) is 6.54 Å². The number of para-hydroxylation sites is 1. The van der Waals surface area contributed by atoms with Crippen molar-refractivity contribution in [3.05, 3.63) is 60.0 Å². The minimum absolute atomic E-state index is 0.0965. The van der Waals surface area contributed by atoms with Gasteiger partial charge >= 0.3 is 0 Å². The lowest BCUT2D eigenvalue weighted by Gasteiger charge is -2.34. The van der Waals surface area contributed by atoms with Crippen LogP contribution in [0.2, 0.25) is 0 Å². The molecule has 0 bridgehead atoms. The Balaban J connectivity index is 1.63. The molecule has 0 aliphatic carbocycles. The van der Waals surface area contributed by atoms with E-state index in [-0.39, 0.29) is 5.91 Å². The highest BCUT2D eigenvalue weighted by Gasteiger charge is 2.24. The number of benzene rings is 1. The molecule has 1 aromatic carbocycles. The van der Waals surface area contributed by atoms with Crippen LogP contribution in [-0.4, -0.2) is 54.0 Å². The van der Waals surface area contributed by atoms with Gasteiger partial charge in [-0.1, -0.05) is 24.3 Å². The molecule has 1 fully saturated rings. The molecule has 1 aliphatic rings. The fourth-order valence-electron chi connectivity index (χ4n) is 3.41. The first-order chi connectivity index (χ1) is 12.7. The lowest BCUT2D eigenvalue weighted by atomic mass is 10.1. The highest BCUT2D eigenvalue weighted by Crippen LogP contribution is 2.31. The van der Waals surface area contributed by atoms with Crippen molar-refractivity contribution in [2.45, 2.75) is 6.54 Å². The smallest absolute Gasteiger partial charge is 0.270 e. The van der Waals surface area contributed by atoms with Crippen LogP contribution in [0.25, 0.3) is 10.9 Å². The molecule has 1 saturated heterocycles. The Morgan fingerprint density at radius 3 is 2.65 bits per heavy atom. The van der Waals surface area contributed by atoms with Crippen LogP contribution >= 0.6 is 0 Å². The van der Waals surface area contributed by atoms with Crippen molar-refractivity contribution in [3.63, 3.8) is 0 Å². The van der Waals surface area contributed by atoms with E-state index in [0.717, 1.165) is 48.5 Å². The fourth-order valence-corrected chi connectivity index (χ4v) is 3.41. The Morgan fingerprint density at radius 1 is 1.12 bits per heavy atom. The van der Waals surface area contributed by atoms with E-state index in [2.05, 4.69) is 38.2 Å². The SMILES string of the molecule is CN1CCN(c2c(C(=O)NCc3ccccn3)[nH]c3ccccc23)CC1. The molecule has 0 spiro atoms.